The fraction of sp³-hybridized carbons (Fsp3) is 0.583. The molecule has 0 N–H and O–H groups in total. The highest BCUT2D eigenvalue weighted by atomic mass is 16.5. The third-order valence-corrected chi connectivity index (χ3v) is 3.26. The van der Waals surface area contributed by atoms with E-state index in [-0.39, 0.29) is 11.4 Å². The topological polar surface area (TPSA) is 26.3 Å². The van der Waals surface area contributed by atoms with E-state index in [1.54, 1.807) is 0 Å². The molecule has 14 heavy (non-hydrogen) atoms. The minimum absolute atomic E-state index is 0.0620. The van der Waals surface area contributed by atoms with Crippen LogP contribution in [0.2, 0.25) is 0 Å². The molecule has 1 aliphatic carbocycles. The smallest absolute Gasteiger partial charge is 0.302 e. The highest BCUT2D eigenvalue weighted by molar-refractivity contribution is 5.66. The molecule has 0 amide bonds. The molecule has 0 saturated heterocycles. The van der Waals surface area contributed by atoms with E-state index in [0.717, 1.165) is 11.1 Å². The third-order valence-electron chi connectivity index (χ3n) is 3.26. The fourth-order valence-electron chi connectivity index (χ4n) is 1.68. The van der Waals surface area contributed by atoms with Crippen LogP contribution >= 0.6 is 0 Å². The maximum absolute atomic E-state index is 10.7. The number of carbonyl (C=O) groups excluding carboxylic acids is 1. The van der Waals surface area contributed by atoms with Crippen molar-refractivity contribution in [1.82, 2.24) is 0 Å². The van der Waals surface area contributed by atoms with Gasteiger partial charge in [-0.2, -0.15) is 0 Å². The first-order valence-electron chi connectivity index (χ1n) is 4.89. The van der Waals surface area contributed by atoms with Gasteiger partial charge in [0.25, 0.3) is 0 Å². The van der Waals surface area contributed by atoms with Gasteiger partial charge in [-0.05, 0) is 16.9 Å². The second-order valence-electron chi connectivity index (χ2n) is 4.47. The Kier molecular flexibility index (Phi) is 2.84. The summed E-state index contributed by atoms with van der Waals surface area (Å²) in [5.41, 5.74) is 2.34. The van der Waals surface area contributed by atoms with Crippen molar-refractivity contribution in [1.29, 1.82) is 0 Å². The number of rotatable bonds is 2. The van der Waals surface area contributed by atoms with Crippen LogP contribution < -0.4 is 0 Å². The van der Waals surface area contributed by atoms with E-state index >= 15 is 0 Å². The molecule has 1 aliphatic rings. The van der Waals surface area contributed by atoms with Crippen LogP contribution in [-0.4, -0.2) is 12.6 Å². The standard InChI is InChI=1S/C12H18O2/c1-8-6-11(7-14-10(3)13)12(4,5)9(8)2/h6,9H,1,7H2,2-5H3. The van der Waals surface area contributed by atoms with Crippen LogP contribution in [0.25, 0.3) is 0 Å². The summed E-state index contributed by atoms with van der Waals surface area (Å²) in [5.74, 6) is 0.194. The van der Waals surface area contributed by atoms with Crippen LogP contribution in [0.1, 0.15) is 27.7 Å². The molecule has 1 unspecified atom stereocenters. The number of carbonyl (C=O) groups is 1. The van der Waals surface area contributed by atoms with Gasteiger partial charge in [0.1, 0.15) is 6.61 Å². The van der Waals surface area contributed by atoms with E-state index in [2.05, 4.69) is 27.4 Å². The summed E-state index contributed by atoms with van der Waals surface area (Å²) < 4.78 is 5.01. The van der Waals surface area contributed by atoms with Crippen molar-refractivity contribution in [3.05, 3.63) is 23.8 Å². The van der Waals surface area contributed by atoms with Crippen LogP contribution in [-0.2, 0) is 9.53 Å². The zero-order valence-corrected chi connectivity index (χ0v) is 9.39. The van der Waals surface area contributed by atoms with Crippen molar-refractivity contribution < 1.29 is 9.53 Å². The van der Waals surface area contributed by atoms with Crippen molar-refractivity contribution >= 4 is 5.97 Å². The van der Waals surface area contributed by atoms with Gasteiger partial charge < -0.3 is 4.74 Å². The Balaban J connectivity index is 2.74. The van der Waals surface area contributed by atoms with Crippen molar-refractivity contribution in [2.24, 2.45) is 11.3 Å². The Labute approximate surface area is 85.6 Å². The molecule has 2 heteroatoms. The molecular formula is C12H18O2. The van der Waals surface area contributed by atoms with Crippen LogP contribution in [0.15, 0.2) is 23.8 Å². The molecule has 1 atom stereocenters. The lowest BCUT2D eigenvalue weighted by Crippen LogP contribution is -2.22. The van der Waals surface area contributed by atoms with Gasteiger partial charge in [0.05, 0.1) is 0 Å². The first-order chi connectivity index (χ1) is 6.35. The number of hydrogen-bond donors (Lipinski definition) is 0. The van der Waals surface area contributed by atoms with Crippen LogP contribution in [0.5, 0.6) is 0 Å². The van der Waals surface area contributed by atoms with Gasteiger partial charge in [0, 0.05) is 6.92 Å². The SMILES string of the molecule is C=C1C=C(COC(C)=O)C(C)(C)C1C. The molecular weight excluding hydrogens is 176 g/mol. The Bertz CT molecular complexity index is 297. The predicted octanol–water partition coefficient (Wildman–Crippen LogP) is 2.71. The van der Waals surface area contributed by atoms with E-state index in [1.165, 1.54) is 6.92 Å². The fourth-order valence-corrected chi connectivity index (χ4v) is 1.68. The molecule has 0 aromatic heterocycles. The van der Waals surface area contributed by atoms with Gasteiger partial charge in [-0.1, -0.05) is 39.0 Å². The molecule has 0 fully saturated rings. The Morgan fingerprint density at radius 3 is 2.57 bits per heavy atom. The summed E-state index contributed by atoms with van der Waals surface area (Å²) in [7, 11) is 0. The molecule has 0 aromatic rings. The summed E-state index contributed by atoms with van der Waals surface area (Å²) in [6.07, 6.45) is 2.05. The monoisotopic (exact) mass is 194 g/mol. The maximum atomic E-state index is 10.7. The summed E-state index contributed by atoms with van der Waals surface area (Å²) in [5, 5.41) is 0. The van der Waals surface area contributed by atoms with Crippen LogP contribution in [0.3, 0.4) is 0 Å². The van der Waals surface area contributed by atoms with Crippen molar-refractivity contribution in [2.75, 3.05) is 6.61 Å². The van der Waals surface area contributed by atoms with Gasteiger partial charge in [0.15, 0.2) is 0 Å². The quantitative estimate of drug-likeness (QED) is 0.632. The van der Waals surface area contributed by atoms with Crippen LogP contribution in [0.4, 0.5) is 0 Å². The summed E-state index contributed by atoms with van der Waals surface area (Å²) >= 11 is 0. The lowest BCUT2D eigenvalue weighted by Gasteiger charge is -2.28. The van der Waals surface area contributed by atoms with E-state index in [0.29, 0.717) is 12.5 Å². The van der Waals surface area contributed by atoms with Crippen molar-refractivity contribution in [2.45, 2.75) is 27.7 Å². The molecule has 1 rings (SSSR count). The first-order valence-corrected chi connectivity index (χ1v) is 4.89. The Morgan fingerprint density at radius 2 is 2.21 bits per heavy atom. The number of ether oxygens (including phenoxy) is 1. The second kappa shape index (κ2) is 3.60. The Hall–Kier alpha value is -1.05. The molecule has 0 saturated carbocycles. The number of hydrogen-bond acceptors (Lipinski definition) is 2. The largest absolute Gasteiger partial charge is 0.461 e. The predicted molar refractivity (Wildman–Crippen MR) is 56.8 cm³/mol. The number of allylic oxidation sites excluding steroid dienone is 2. The highest BCUT2D eigenvalue weighted by Crippen LogP contribution is 2.45. The minimum Gasteiger partial charge on any atom is -0.461 e. The van der Waals surface area contributed by atoms with Gasteiger partial charge in [-0.15, -0.1) is 0 Å². The van der Waals surface area contributed by atoms with Crippen LogP contribution in [0, 0.1) is 11.3 Å². The molecule has 0 heterocycles. The van der Waals surface area contributed by atoms with E-state index in [4.69, 9.17) is 4.74 Å². The lowest BCUT2D eigenvalue weighted by molar-refractivity contribution is -0.140. The lowest BCUT2D eigenvalue weighted by atomic mass is 9.77. The van der Waals surface area contributed by atoms with Crippen molar-refractivity contribution in [3.8, 4) is 0 Å². The Morgan fingerprint density at radius 1 is 1.64 bits per heavy atom. The first kappa shape index (κ1) is 11.0. The van der Waals surface area contributed by atoms with Gasteiger partial charge in [-0.25, -0.2) is 0 Å². The minimum atomic E-state index is -0.230. The molecule has 0 aliphatic heterocycles. The molecule has 0 aromatic carbocycles. The van der Waals surface area contributed by atoms with Gasteiger partial charge in [0.2, 0.25) is 0 Å². The second-order valence-corrected chi connectivity index (χ2v) is 4.47. The molecule has 2 nitrogen and oxygen atoms in total. The zero-order valence-electron chi connectivity index (χ0n) is 9.39. The van der Waals surface area contributed by atoms with Gasteiger partial charge >= 0.3 is 5.97 Å². The average molecular weight is 194 g/mol. The molecule has 0 bridgehead atoms. The molecule has 78 valence electrons. The maximum Gasteiger partial charge on any atom is 0.302 e. The summed E-state index contributed by atoms with van der Waals surface area (Å²) in [4.78, 5) is 10.7. The highest BCUT2D eigenvalue weighted by Gasteiger charge is 2.36. The van der Waals surface area contributed by atoms with E-state index in [1.807, 2.05) is 6.08 Å². The van der Waals surface area contributed by atoms with E-state index < -0.39 is 0 Å². The number of esters is 1. The average Bonchev–Trinajstić information content (AvgIpc) is 2.26. The molecule has 0 radical (unpaired) electrons. The molecule has 0 spiro atoms. The zero-order chi connectivity index (χ0) is 10.9. The van der Waals surface area contributed by atoms with Crippen molar-refractivity contribution in [3.63, 3.8) is 0 Å². The third kappa shape index (κ3) is 1.89. The normalized spacial score (nSPS) is 24.7. The van der Waals surface area contributed by atoms with E-state index in [9.17, 15) is 4.79 Å². The van der Waals surface area contributed by atoms with Gasteiger partial charge in [-0.3, -0.25) is 4.79 Å². The summed E-state index contributed by atoms with van der Waals surface area (Å²) in [6, 6.07) is 0. The summed E-state index contributed by atoms with van der Waals surface area (Å²) in [6.45, 7) is 12.3.